The molecule has 212 valence electrons. The van der Waals surface area contributed by atoms with Gasteiger partial charge in [0.25, 0.3) is 5.56 Å². The molecule has 0 aliphatic rings. The fourth-order valence-corrected chi connectivity index (χ4v) is 5.21. The molecule has 0 fully saturated rings. The first kappa shape index (κ1) is 30.8. The number of hydrogen-bond donors (Lipinski definition) is 3. The second-order valence-electron chi connectivity index (χ2n) is 11.1. The van der Waals surface area contributed by atoms with E-state index in [0.29, 0.717) is 67.2 Å². The maximum atomic E-state index is 12.8. The van der Waals surface area contributed by atoms with Gasteiger partial charge in [-0.1, -0.05) is 18.9 Å². The average molecular weight is 561 g/mol. The first-order chi connectivity index (χ1) is 18.9. The number of aromatic amines is 1. The summed E-state index contributed by atoms with van der Waals surface area (Å²) in [5.74, 6) is 3.57. The molecular weight excluding hydrogens is 520 g/mol. The summed E-state index contributed by atoms with van der Waals surface area (Å²) in [5.41, 5.74) is 2.94. The van der Waals surface area contributed by atoms with E-state index < -0.39 is 8.32 Å². The molecule has 3 N–H and O–H groups in total. The number of amides is 1. The molecule has 0 saturated heterocycles. The van der Waals surface area contributed by atoms with Crippen LogP contribution >= 0.6 is 0 Å². The Labute approximate surface area is 237 Å². The fraction of sp³-hybridized carbons (Fsp3) is 0.419. The number of ketones is 1. The third-order valence-electron chi connectivity index (χ3n) is 6.89. The minimum absolute atomic E-state index is 0.00852. The van der Waals surface area contributed by atoms with Gasteiger partial charge >= 0.3 is 0 Å². The van der Waals surface area contributed by atoms with Gasteiger partial charge in [-0.3, -0.25) is 14.4 Å². The van der Waals surface area contributed by atoms with Gasteiger partial charge in [0.2, 0.25) is 5.91 Å². The van der Waals surface area contributed by atoms with E-state index in [1.807, 2.05) is 60.5 Å². The van der Waals surface area contributed by atoms with Crippen molar-refractivity contribution in [3.05, 3.63) is 69.8 Å². The van der Waals surface area contributed by atoms with Crippen molar-refractivity contribution in [2.24, 2.45) is 5.92 Å². The zero-order chi connectivity index (χ0) is 29.3. The number of fused-ring (bicyclic) bond motifs is 1. The van der Waals surface area contributed by atoms with Crippen LogP contribution in [0.3, 0.4) is 0 Å². The first-order valence-corrected chi connectivity index (χ1v) is 16.9. The standard InChI is InChI=1S/C31H40N4O4Si/c1-6-18-35(21-24-9-14-28-27(20-24)31(38)34-23(3)33-28)26-12-10-25(11-13-26)29(36)15-7-22(2)8-16-30(37)32-17-19-40(4,5)39/h1,9-14,20,22,39H,7-8,15-19,21H2,2-5H3,(H,32,37)(H,33,34,38)/t22-/m0/s1. The molecule has 40 heavy (non-hydrogen) atoms. The third kappa shape index (κ3) is 9.47. The van der Waals surface area contributed by atoms with Crippen LogP contribution in [0.5, 0.6) is 0 Å². The highest BCUT2D eigenvalue weighted by molar-refractivity contribution is 6.69. The lowest BCUT2D eigenvalue weighted by Gasteiger charge is -2.23. The van der Waals surface area contributed by atoms with Crippen LogP contribution in [0.2, 0.25) is 19.1 Å². The number of nitrogens with one attached hydrogen (secondary N) is 2. The molecule has 3 aromatic rings. The molecule has 0 spiro atoms. The van der Waals surface area contributed by atoms with E-state index in [2.05, 4.69) is 28.1 Å². The zero-order valence-corrected chi connectivity index (χ0v) is 24.9. The molecule has 2 aromatic carbocycles. The highest BCUT2D eigenvalue weighted by Gasteiger charge is 2.17. The SMILES string of the molecule is C#CCN(Cc1ccc2nc(C)[nH]c(=O)c2c1)c1ccc(C(=O)CC[C@H](C)CCC(=O)NCC[Si](C)(C)O)cc1. The summed E-state index contributed by atoms with van der Waals surface area (Å²) in [4.78, 5) is 56.2. The van der Waals surface area contributed by atoms with Gasteiger partial charge in [-0.15, -0.1) is 6.42 Å². The van der Waals surface area contributed by atoms with Gasteiger partial charge in [-0.2, -0.15) is 0 Å². The van der Waals surface area contributed by atoms with E-state index in [4.69, 9.17) is 6.42 Å². The first-order valence-electron chi connectivity index (χ1n) is 13.8. The van der Waals surface area contributed by atoms with Crippen molar-refractivity contribution in [3.63, 3.8) is 0 Å². The number of hydrogen-bond acceptors (Lipinski definition) is 6. The number of Topliss-reactive ketones (excluding diaryl/α,β-unsaturated/α-hetero) is 1. The largest absolute Gasteiger partial charge is 0.432 e. The van der Waals surface area contributed by atoms with Crippen molar-refractivity contribution in [1.82, 2.24) is 15.3 Å². The molecule has 1 amide bonds. The second-order valence-corrected chi connectivity index (χ2v) is 15.3. The van der Waals surface area contributed by atoms with Crippen LogP contribution in [-0.2, 0) is 11.3 Å². The van der Waals surface area contributed by atoms with Gasteiger partial charge in [0.15, 0.2) is 14.1 Å². The van der Waals surface area contributed by atoms with Crippen LogP contribution in [0, 0.1) is 25.2 Å². The lowest BCUT2D eigenvalue weighted by Crippen LogP contribution is -2.33. The van der Waals surface area contributed by atoms with E-state index in [1.54, 1.807) is 6.92 Å². The third-order valence-corrected chi connectivity index (χ3v) is 8.36. The number of H-pyrrole nitrogens is 1. The summed E-state index contributed by atoms with van der Waals surface area (Å²) in [7, 11) is -2.15. The van der Waals surface area contributed by atoms with E-state index in [-0.39, 0.29) is 23.2 Å². The normalized spacial score (nSPS) is 12.1. The van der Waals surface area contributed by atoms with Gasteiger partial charge < -0.3 is 20.0 Å². The topological polar surface area (TPSA) is 115 Å². The van der Waals surface area contributed by atoms with E-state index in [0.717, 1.165) is 17.7 Å². The van der Waals surface area contributed by atoms with Gasteiger partial charge in [0.05, 0.1) is 17.4 Å². The molecule has 0 radical (unpaired) electrons. The molecule has 3 rings (SSSR count). The summed E-state index contributed by atoms with van der Waals surface area (Å²) in [6, 6.07) is 13.7. The molecule has 9 heteroatoms. The van der Waals surface area contributed by atoms with E-state index in [9.17, 15) is 19.2 Å². The highest BCUT2D eigenvalue weighted by Crippen LogP contribution is 2.21. The van der Waals surface area contributed by atoms with Crippen LogP contribution in [-0.4, -0.2) is 47.9 Å². The van der Waals surface area contributed by atoms with E-state index in [1.165, 1.54) is 0 Å². The predicted octanol–water partition coefficient (Wildman–Crippen LogP) is 4.56. The zero-order valence-electron chi connectivity index (χ0n) is 23.9. The number of rotatable bonds is 14. The fourth-order valence-electron chi connectivity index (χ4n) is 4.47. The Morgan fingerprint density at radius 1 is 1.15 bits per heavy atom. The lowest BCUT2D eigenvalue weighted by molar-refractivity contribution is -0.121. The Morgan fingerprint density at radius 3 is 2.52 bits per heavy atom. The van der Waals surface area contributed by atoms with Crippen molar-refractivity contribution in [2.45, 2.75) is 65.2 Å². The van der Waals surface area contributed by atoms with Gasteiger partial charge in [-0.25, -0.2) is 4.98 Å². The number of terminal acetylenes is 1. The quantitative estimate of drug-likeness (QED) is 0.151. The summed E-state index contributed by atoms with van der Waals surface area (Å²) in [6.07, 6.45) is 7.90. The molecule has 1 atom stereocenters. The molecule has 0 aliphatic carbocycles. The Kier molecular flexibility index (Phi) is 10.8. The van der Waals surface area contributed by atoms with Crippen molar-refractivity contribution in [3.8, 4) is 12.3 Å². The number of carbonyl (C=O) groups excluding carboxylic acids is 2. The minimum atomic E-state index is -2.15. The van der Waals surface area contributed by atoms with Crippen molar-refractivity contribution in [1.29, 1.82) is 0 Å². The molecule has 0 aliphatic heterocycles. The lowest BCUT2D eigenvalue weighted by atomic mass is 9.96. The van der Waals surface area contributed by atoms with Crippen molar-refractivity contribution in [2.75, 3.05) is 18.0 Å². The van der Waals surface area contributed by atoms with Crippen LogP contribution < -0.4 is 15.8 Å². The molecule has 0 bridgehead atoms. The Morgan fingerprint density at radius 2 is 1.85 bits per heavy atom. The number of aryl methyl sites for hydroxylation is 1. The summed E-state index contributed by atoms with van der Waals surface area (Å²) < 4.78 is 0. The summed E-state index contributed by atoms with van der Waals surface area (Å²) in [6.45, 7) is 8.91. The maximum absolute atomic E-state index is 12.8. The number of nitrogens with zero attached hydrogens (tertiary/aromatic N) is 2. The maximum Gasteiger partial charge on any atom is 0.258 e. The van der Waals surface area contributed by atoms with Crippen molar-refractivity contribution < 1.29 is 14.4 Å². The van der Waals surface area contributed by atoms with Crippen LogP contribution in [0.1, 0.15) is 54.4 Å². The van der Waals surface area contributed by atoms with Crippen LogP contribution in [0.15, 0.2) is 47.3 Å². The van der Waals surface area contributed by atoms with Gasteiger partial charge in [-0.05, 0) is 86.8 Å². The smallest absolute Gasteiger partial charge is 0.258 e. The molecule has 8 nitrogen and oxygen atoms in total. The van der Waals surface area contributed by atoms with Crippen molar-refractivity contribution >= 4 is 36.6 Å². The second kappa shape index (κ2) is 14.1. The number of benzene rings is 2. The van der Waals surface area contributed by atoms with Crippen LogP contribution in [0.4, 0.5) is 5.69 Å². The van der Waals surface area contributed by atoms with E-state index >= 15 is 0 Å². The predicted molar refractivity (Wildman–Crippen MR) is 163 cm³/mol. The Bertz CT molecular complexity index is 1420. The summed E-state index contributed by atoms with van der Waals surface area (Å²) in [5, 5.41) is 3.40. The minimum Gasteiger partial charge on any atom is -0.432 e. The molecule has 0 saturated carbocycles. The average Bonchev–Trinajstić information content (AvgIpc) is 2.90. The number of anilines is 1. The Hall–Kier alpha value is -3.74. The highest BCUT2D eigenvalue weighted by atomic mass is 28.4. The molecule has 0 unspecified atom stereocenters. The monoisotopic (exact) mass is 560 g/mol. The molecule has 1 heterocycles. The van der Waals surface area contributed by atoms with Gasteiger partial charge in [0.1, 0.15) is 5.82 Å². The molecular formula is C31H40N4O4Si. The Balaban J connectivity index is 1.53. The number of aromatic nitrogens is 2. The molecule has 1 aromatic heterocycles. The van der Waals surface area contributed by atoms with Gasteiger partial charge in [0, 0.05) is 37.2 Å². The summed E-state index contributed by atoms with van der Waals surface area (Å²) >= 11 is 0. The van der Waals surface area contributed by atoms with Crippen LogP contribution in [0.25, 0.3) is 10.9 Å². The number of carbonyl (C=O) groups is 2.